The lowest BCUT2D eigenvalue weighted by Gasteiger charge is -2.24. The van der Waals surface area contributed by atoms with Crippen LogP contribution in [0.5, 0.6) is 0 Å². The minimum absolute atomic E-state index is 0.0159. The van der Waals surface area contributed by atoms with Crippen molar-refractivity contribution in [1.29, 1.82) is 0 Å². The second kappa shape index (κ2) is 4.06. The van der Waals surface area contributed by atoms with Crippen LogP contribution in [0.25, 0.3) is 0 Å². The Morgan fingerprint density at radius 2 is 2.08 bits per heavy atom. The van der Waals surface area contributed by atoms with Gasteiger partial charge in [0, 0.05) is 6.42 Å². The van der Waals surface area contributed by atoms with Gasteiger partial charge in [0.05, 0.1) is 18.6 Å². The van der Waals surface area contributed by atoms with Crippen molar-refractivity contribution in [3.8, 4) is 0 Å². The topological polar surface area (TPSA) is 92.5 Å². The van der Waals surface area contributed by atoms with E-state index in [1.807, 2.05) is 0 Å². The Balaban J connectivity index is 3.92. The zero-order valence-electron chi connectivity index (χ0n) is 7.12. The Morgan fingerprint density at radius 3 is 2.42 bits per heavy atom. The van der Waals surface area contributed by atoms with E-state index in [-0.39, 0.29) is 12.8 Å². The molecule has 0 bridgehead atoms. The second-order valence-electron chi connectivity index (χ2n) is 2.78. The second-order valence-corrected chi connectivity index (χ2v) is 2.78. The van der Waals surface area contributed by atoms with Crippen LogP contribution in [-0.2, 0) is 14.3 Å². The maximum atomic E-state index is 10.6. The van der Waals surface area contributed by atoms with Gasteiger partial charge in [-0.2, -0.15) is 0 Å². The lowest BCUT2D eigenvalue weighted by Crippen LogP contribution is -2.53. The number of hydrogen-bond donors (Lipinski definition) is 1. The van der Waals surface area contributed by atoms with Crippen LogP contribution in [0.3, 0.4) is 0 Å². The number of aliphatic carboxylic acids is 1. The highest BCUT2D eigenvalue weighted by Crippen LogP contribution is 2.07. The molecule has 0 rings (SSSR count). The number of hydrogen-bond acceptors (Lipinski definition) is 5. The molecule has 0 fully saturated rings. The summed E-state index contributed by atoms with van der Waals surface area (Å²) >= 11 is 0. The molecule has 0 unspecified atom stereocenters. The molecule has 0 amide bonds. The largest absolute Gasteiger partial charge is 0.548 e. The molecular formula is C7H12NO4-. The molecule has 0 radical (unpaired) electrons. The maximum Gasteiger partial charge on any atom is 0.305 e. The number of carbonyl (C=O) groups is 2. The molecule has 0 saturated carbocycles. The summed E-state index contributed by atoms with van der Waals surface area (Å²) in [5.74, 6) is -1.85. The molecular weight excluding hydrogens is 162 g/mol. The average Bonchev–Trinajstić information content (AvgIpc) is 2.00. The van der Waals surface area contributed by atoms with Gasteiger partial charge in [0.15, 0.2) is 0 Å². The van der Waals surface area contributed by atoms with Gasteiger partial charge in [0.2, 0.25) is 0 Å². The number of methoxy groups -OCH3 is 1. The van der Waals surface area contributed by atoms with Crippen LogP contribution in [-0.4, -0.2) is 24.6 Å². The van der Waals surface area contributed by atoms with Gasteiger partial charge < -0.3 is 20.4 Å². The van der Waals surface area contributed by atoms with Crippen LogP contribution < -0.4 is 10.8 Å². The van der Waals surface area contributed by atoms with Crippen molar-refractivity contribution in [3.63, 3.8) is 0 Å². The standard InChI is InChI=1S/C7H13NO4/c1-7(8,6(10)11)4-3-5(9)12-2/h3-4,8H2,1-2H3,(H,10,11)/p-1/t7-/m0/s1. The smallest absolute Gasteiger partial charge is 0.305 e. The molecule has 0 aromatic carbocycles. The summed E-state index contributed by atoms with van der Waals surface area (Å²) in [6.07, 6.45) is -0.000509. The first-order chi connectivity index (χ1) is 5.40. The van der Waals surface area contributed by atoms with Gasteiger partial charge >= 0.3 is 5.97 Å². The predicted octanol–water partition coefficient (Wildman–Crippen LogP) is -1.59. The normalized spacial score (nSPS) is 14.9. The summed E-state index contributed by atoms with van der Waals surface area (Å²) in [6, 6.07) is 0. The lowest BCUT2D eigenvalue weighted by molar-refractivity contribution is -0.312. The molecule has 0 aliphatic carbocycles. The van der Waals surface area contributed by atoms with Crippen LogP contribution in [0.15, 0.2) is 0 Å². The summed E-state index contributed by atoms with van der Waals surface area (Å²) in [5.41, 5.74) is 3.83. The fourth-order valence-corrected chi connectivity index (χ4v) is 0.566. The van der Waals surface area contributed by atoms with E-state index in [2.05, 4.69) is 4.74 Å². The van der Waals surface area contributed by atoms with Gasteiger partial charge in [-0.3, -0.25) is 4.79 Å². The Bertz CT molecular complexity index is 188. The first-order valence-corrected chi connectivity index (χ1v) is 3.47. The van der Waals surface area contributed by atoms with Crippen LogP contribution in [0.2, 0.25) is 0 Å². The number of carboxylic acid groups (broad SMARTS) is 1. The molecule has 1 atom stereocenters. The molecule has 70 valence electrons. The average molecular weight is 174 g/mol. The van der Waals surface area contributed by atoms with E-state index in [1.165, 1.54) is 14.0 Å². The van der Waals surface area contributed by atoms with Crippen molar-refractivity contribution in [1.82, 2.24) is 0 Å². The SMILES string of the molecule is COC(=O)CC[C@](C)(N)C(=O)[O-]. The van der Waals surface area contributed by atoms with Crippen molar-refractivity contribution in [2.75, 3.05) is 7.11 Å². The summed E-state index contributed by atoms with van der Waals surface area (Å²) in [5, 5.41) is 10.3. The number of rotatable bonds is 4. The van der Waals surface area contributed by atoms with Gasteiger partial charge in [0.1, 0.15) is 0 Å². The van der Waals surface area contributed by atoms with E-state index < -0.39 is 17.5 Å². The molecule has 0 aliphatic heterocycles. The molecule has 0 saturated heterocycles. The molecule has 5 nitrogen and oxygen atoms in total. The van der Waals surface area contributed by atoms with Crippen molar-refractivity contribution in [2.24, 2.45) is 5.73 Å². The number of ether oxygens (including phenoxy) is 1. The van der Waals surface area contributed by atoms with Crippen molar-refractivity contribution >= 4 is 11.9 Å². The zero-order chi connectivity index (χ0) is 9.78. The van der Waals surface area contributed by atoms with Gasteiger partial charge in [-0.15, -0.1) is 0 Å². The van der Waals surface area contributed by atoms with Gasteiger partial charge in [-0.05, 0) is 13.3 Å². The third-order valence-corrected chi connectivity index (χ3v) is 1.54. The van der Waals surface area contributed by atoms with E-state index in [0.717, 1.165) is 0 Å². The minimum atomic E-state index is -1.46. The van der Waals surface area contributed by atoms with Crippen molar-refractivity contribution in [2.45, 2.75) is 25.3 Å². The van der Waals surface area contributed by atoms with Crippen LogP contribution >= 0.6 is 0 Å². The minimum Gasteiger partial charge on any atom is -0.548 e. The highest BCUT2D eigenvalue weighted by atomic mass is 16.5. The number of carbonyl (C=O) groups excluding carboxylic acids is 2. The lowest BCUT2D eigenvalue weighted by atomic mass is 9.98. The predicted molar refractivity (Wildman–Crippen MR) is 38.8 cm³/mol. The fraction of sp³-hybridized carbons (Fsp3) is 0.714. The summed E-state index contributed by atoms with van der Waals surface area (Å²) < 4.78 is 4.32. The van der Waals surface area contributed by atoms with E-state index in [9.17, 15) is 14.7 Å². The Morgan fingerprint density at radius 1 is 1.58 bits per heavy atom. The van der Waals surface area contributed by atoms with Crippen molar-refractivity contribution in [3.05, 3.63) is 0 Å². The van der Waals surface area contributed by atoms with Gasteiger partial charge in [-0.1, -0.05) is 0 Å². The van der Waals surface area contributed by atoms with E-state index in [0.29, 0.717) is 0 Å². The molecule has 0 spiro atoms. The quantitative estimate of drug-likeness (QED) is 0.518. The molecule has 12 heavy (non-hydrogen) atoms. The first kappa shape index (κ1) is 10.9. The summed E-state index contributed by atoms with van der Waals surface area (Å²) in [6.45, 7) is 1.30. The monoisotopic (exact) mass is 174 g/mol. The van der Waals surface area contributed by atoms with Crippen molar-refractivity contribution < 1.29 is 19.4 Å². The number of esters is 1. The zero-order valence-corrected chi connectivity index (χ0v) is 7.12. The highest BCUT2D eigenvalue weighted by Gasteiger charge is 2.21. The number of nitrogens with two attached hydrogens (primary N) is 1. The Labute approximate surface area is 70.5 Å². The molecule has 0 aromatic rings. The third kappa shape index (κ3) is 3.34. The first-order valence-electron chi connectivity index (χ1n) is 3.47. The maximum absolute atomic E-state index is 10.6. The van der Waals surface area contributed by atoms with Crippen LogP contribution in [0.4, 0.5) is 0 Å². The Kier molecular flexibility index (Phi) is 3.69. The van der Waals surface area contributed by atoms with Gasteiger partial charge in [0.25, 0.3) is 0 Å². The van der Waals surface area contributed by atoms with Crippen LogP contribution in [0, 0.1) is 0 Å². The third-order valence-electron chi connectivity index (χ3n) is 1.54. The highest BCUT2D eigenvalue weighted by molar-refractivity contribution is 5.77. The number of carboxylic acids is 1. The molecule has 0 heterocycles. The summed E-state index contributed by atoms with van der Waals surface area (Å²) in [7, 11) is 1.23. The van der Waals surface area contributed by atoms with E-state index in [4.69, 9.17) is 5.73 Å². The molecule has 5 heteroatoms. The van der Waals surface area contributed by atoms with E-state index >= 15 is 0 Å². The fourth-order valence-electron chi connectivity index (χ4n) is 0.566. The van der Waals surface area contributed by atoms with Crippen LogP contribution in [0.1, 0.15) is 19.8 Å². The Hall–Kier alpha value is -1.10. The van der Waals surface area contributed by atoms with E-state index in [1.54, 1.807) is 0 Å². The molecule has 0 aromatic heterocycles. The van der Waals surface area contributed by atoms with Gasteiger partial charge in [-0.25, -0.2) is 0 Å². The summed E-state index contributed by atoms with van der Waals surface area (Å²) in [4.78, 5) is 20.9. The molecule has 2 N–H and O–H groups in total. The molecule has 0 aliphatic rings.